The standard InChI is InChI=1S/C16H26O/c1-6-13(7-2)12(5)15-10-8-9-14(11(3)4)16(15)17/h8-13,17H,6-7H2,1-5H3. The molecule has 0 fully saturated rings. The Kier molecular flexibility index (Phi) is 5.04. The Hall–Kier alpha value is -0.980. The molecule has 0 aliphatic heterocycles. The lowest BCUT2D eigenvalue weighted by Gasteiger charge is -2.24. The van der Waals surface area contributed by atoms with Gasteiger partial charge in [-0.1, -0.05) is 65.7 Å². The van der Waals surface area contributed by atoms with E-state index < -0.39 is 0 Å². The second-order valence-corrected chi connectivity index (χ2v) is 5.31. The summed E-state index contributed by atoms with van der Waals surface area (Å²) < 4.78 is 0. The number of aromatic hydroxyl groups is 1. The Balaban J connectivity index is 3.09. The van der Waals surface area contributed by atoms with Gasteiger partial charge in [-0.3, -0.25) is 0 Å². The number of phenols is 1. The van der Waals surface area contributed by atoms with E-state index in [1.54, 1.807) is 0 Å². The Labute approximate surface area is 106 Å². The molecule has 0 saturated heterocycles. The minimum Gasteiger partial charge on any atom is -0.507 e. The number of hydrogen-bond acceptors (Lipinski definition) is 1. The summed E-state index contributed by atoms with van der Waals surface area (Å²) in [5.41, 5.74) is 2.19. The third kappa shape index (κ3) is 3.02. The molecule has 17 heavy (non-hydrogen) atoms. The van der Waals surface area contributed by atoms with Gasteiger partial charge in [0.2, 0.25) is 0 Å². The fourth-order valence-electron chi connectivity index (χ4n) is 2.66. The summed E-state index contributed by atoms with van der Waals surface area (Å²) in [5, 5.41) is 10.4. The summed E-state index contributed by atoms with van der Waals surface area (Å²) in [6.45, 7) is 10.9. The predicted molar refractivity (Wildman–Crippen MR) is 74.7 cm³/mol. The van der Waals surface area contributed by atoms with Crippen molar-refractivity contribution in [2.45, 2.75) is 59.3 Å². The van der Waals surface area contributed by atoms with Gasteiger partial charge in [-0.2, -0.15) is 0 Å². The number of phenolic OH excluding ortho intramolecular Hbond substituents is 1. The molecule has 0 spiro atoms. The van der Waals surface area contributed by atoms with E-state index in [0.717, 1.165) is 11.1 Å². The molecule has 1 atom stereocenters. The van der Waals surface area contributed by atoms with Crippen molar-refractivity contribution in [1.29, 1.82) is 0 Å². The molecule has 1 heteroatoms. The zero-order valence-corrected chi connectivity index (χ0v) is 11.8. The summed E-state index contributed by atoms with van der Waals surface area (Å²) in [4.78, 5) is 0. The lowest BCUT2D eigenvalue weighted by Crippen LogP contribution is -2.09. The molecule has 0 radical (unpaired) electrons. The smallest absolute Gasteiger partial charge is 0.122 e. The fourth-order valence-corrected chi connectivity index (χ4v) is 2.66. The van der Waals surface area contributed by atoms with E-state index in [1.807, 2.05) is 6.07 Å². The molecule has 0 bridgehead atoms. The molecule has 1 aromatic rings. The first kappa shape index (κ1) is 14.1. The highest BCUT2D eigenvalue weighted by Gasteiger charge is 2.20. The second-order valence-electron chi connectivity index (χ2n) is 5.31. The van der Waals surface area contributed by atoms with Gasteiger partial charge in [-0.05, 0) is 28.9 Å². The third-order valence-electron chi connectivity index (χ3n) is 3.97. The Morgan fingerprint density at radius 2 is 1.53 bits per heavy atom. The Morgan fingerprint density at radius 1 is 1.00 bits per heavy atom. The van der Waals surface area contributed by atoms with E-state index in [2.05, 4.69) is 46.8 Å². The summed E-state index contributed by atoms with van der Waals surface area (Å²) in [6, 6.07) is 6.18. The van der Waals surface area contributed by atoms with Crippen molar-refractivity contribution < 1.29 is 5.11 Å². The van der Waals surface area contributed by atoms with Crippen molar-refractivity contribution in [3.63, 3.8) is 0 Å². The van der Waals surface area contributed by atoms with Crippen molar-refractivity contribution in [2.24, 2.45) is 5.92 Å². The maximum Gasteiger partial charge on any atom is 0.122 e. The molecule has 0 amide bonds. The molecule has 1 rings (SSSR count). The first-order valence-electron chi connectivity index (χ1n) is 6.84. The van der Waals surface area contributed by atoms with Crippen LogP contribution in [-0.2, 0) is 0 Å². The van der Waals surface area contributed by atoms with Crippen LogP contribution in [0.2, 0.25) is 0 Å². The lowest BCUT2D eigenvalue weighted by molar-refractivity contribution is 0.394. The van der Waals surface area contributed by atoms with Gasteiger partial charge >= 0.3 is 0 Å². The molecule has 0 aliphatic carbocycles. The van der Waals surface area contributed by atoms with E-state index >= 15 is 0 Å². The van der Waals surface area contributed by atoms with E-state index in [1.165, 1.54) is 12.8 Å². The highest BCUT2D eigenvalue weighted by molar-refractivity contribution is 5.44. The maximum absolute atomic E-state index is 10.4. The van der Waals surface area contributed by atoms with Gasteiger partial charge in [0.25, 0.3) is 0 Å². The zero-order valence-electron chi connectivity index (χ0n) is 11.8. The van der Waals surface area contributed by atoms with Gasteiger partial charge in [0.15, 0.2) is 0 Å². The summed E-state index contributed by atoms with van der Waals surface area (Å²) in [6.07, 6.45) is 2.34. The molecular formula is C16H26O. The maximum atomic E-state index is 10.4. The van der Waals surface area contributed by atoms with Crippen LogP contribution >= 0.6 is 0 Å². The van der Waals surface area contributed by atoms with E-state index in [-0.39, 0.29) is 0 Å². The average molecular weight is 234 g/mol. The van der Waals surface area contributed by atoms with Crippen molar-refractivity contribution in [1.82, 2.24) is 0 Å². The molecule has 96 valence electrons. The van der Waals surface area contributed by atoms with Gasteiger partial charge in [-0.25, -0.2) is 0 Å². The summed E-state index contributed by atoms with van der Waals surface area (Å²) in [5.74, 6) is 1.98. The first-order valence-corrected chi connectivity index (χ1v) is 6.84. The number of benzene rings is 1. The monoisotopic (exact) mass is 234 g/mol. The summed E-state index contributed by atoms with van der Waals surface area (Å²) >= 11 is 0. The van der Waals surface area contributed by atoms with Gasteiger partial charge in [-0.15, -0.1) is 0 Å². The van der Waals surface area contributed by atoms with Gasteiger partial charge in [0.05, 0.1) is 0 Å². The largest absolute Gasteiger partial charge is 0.507 e. The average Bonchev–Trinajstić information content (AvgIpc) is 2.30. The highest BCUT2D eigenvalue weighted by Crippen LogP contribution is 2.38. The number of hydrogen-bond donors (Lipinski definition) is 1. The van der Waals surface area contributed by atoms with Gasteiger partial charge in [0, 0.05) is 0 Å². The van der Waals surface area contributed by atoms with Gasteiger partial charge in [0.1, 0.15) is 5.75 Å². The van der Waals surface area contributed by atoms with Crippen LogP contribution in [-0.4, -0.2) is 5.11 Å². The van der Waals surface area contributed by atoms with Crippen LogP contribution in [0.5, 0.6) is 5.75 Å². The highest BCUT2D eigenvalue weighted by atomic mass is 16.3. The third-order valence-corrected chi connectivity index (χ3v) is 3.97. The van der Waals surface area contributed by atoms with Crippen molar-refractivity contribution in [2.75, 3.05) is 0 Å². The Morgan fingerprint density at radius 3 is 2.00 bits per heavy atom. The second kappa shape index (κ2) is 6.09. The number of para-hydroxylation sites is 1. The van der Waals surface area contributed by atoms with Crippen LogP contribution in [0.1, 0.15) is 70.4 Å². The first-order chi connectivity index (χ1) is 8.02. The van der Waals surface area contributed by atoms with Crippen molar-refractivity contribution in [3.8, 4) is 5.75 Å². The quantitative estimate of drug-likeness (QED) is 0.755. The molecule has 0 aromatic heterocycles. The molecule has 0 heterocycles. The normalized spacial score (nSPS) is 13.4. The van der Waals surface area contributed by atoms with Crippen LogP contribution in [0.3, 0.4) is 0 Å². The molecular weight excluding hydrogens is 208 g/mol. The van der Waals surface area contributed by atoms with Crippen LogP contribution in [0.15, 0.2) is 18.2 Å². The minimum atomic E-state index is 0.379. The molecule has 1 nitrogen and oxygen atoms in total. The molecule has 1 unspecified atom stereocenters. The number of rotatable bonds is 5. The molecule has 0 aliphatic rings. The van der Waals surface area contributed by atoms with Crippen LogP contribution in [0, 0.1) is 5.92 Å². The summed E-state index contributed by atoms with van der Waals surface area (Å²) in [7, 11) is 0. The van der Waals surface area contributed by atoms with Crippen LogP contribution < -0.4 is 0 Å². The predicted octanol–water partition coefficient (Wildman–Crippen LogP) is 5.06. The topological polar surface area (TPSA) is 20.2 Å². The lowest BCUT2D eigenvalue weighted by atomic mass is 9.82. The molecule has 1 aromatic carbocycles. The minimum absolute atomic E-state index is 0.379. The fraction of sp³-hybridized carbons (Fsp3) is 0.625. The van der Waals surface area contributed by atoms with E-state index in [0.29, 0.717) is 23.5 Å². The van der Waals surface area contributed by atoms with Crippen LogP contribution in [0.4, 0.5) is 0 Å². The van der Waals surface area contributed by atoms with Crippen LogP contribution in [0.25, 0.3) is 0 Å². The van der Waals surface area contributed by atoms with Crippen molar-refractivity contribution in [3.05, 3.63) is 29.3 Å². The van der Waals surface area contributed by atoms with E-state index in [4.69, 9.17) is 0 Å². The SMILES string of the molecule is CCC(CC)C(C)c1cccc(C(C)C)c1O. The van der Waals surface area contributed by atoms with E-state index in [9.17, 15) is 5.11 Å². The van der Waals surface area contributed by atoms with Gasteiger partial charge < -0.3 is 5.11 Å². The zero-order chi connectivity index (χ0) is 13.0. The Bertz CT molecular complexity index is 351. The van der Waals surface area contributed by atoms with Crippen molar-refractivity contribution >= 4 is 0 Å². The molecule has 0 saturated carbocycles. The molecule has 1 N–H and O–H groups in total.